The fraction of sp³-hybridized carbons (Fsp3) is 0.316. The van der Waals surface area contributed by atoms with E-state index in [1.807, 2.05) is 18.9 Å². The van der Waals surface area contributed by atoms with Crippen LogP contribution in [-0.4, -0.2) is 39.1 Å². The average molecular weight is 429 g/mol. The van der Waals surface area contributed by atoms with Crippen LogP contribution in [0.15, 0.2) is 47.4 Å². The zero-order valence-corrected chi connectivity index (χ0v) is 17.7. The predicted molar refractivity (Wildman–Crippen MR) is 110 cm³/mol. The molecular weight excluding hydrogens is 407 g/mol. The second-order valence-electron chi connectivity index (χ2n) is 6.42. The summed E-state index contributed by atoms with van der Waals surface area (Å²) in [4.78, 5) is 14.5. The molecule has 27 heavy (non-hydrogen) atoms. The van der Waals surface area contributed by atoms with E-state index >= 15 is 0 Å². The van der Waals surface area contributed by atoms with Gasteiger partial charge in [-0.2, -0.15) is 0 Å². The minimum Gasteiger partial charge on any atom is -0.325 e. The van der Waals surface area contributed by atoms with E-state index in [0.717, 1.165) is 5.56 Å². The first-order chi connectivity index (χ1) is 12.6. The fourth-order valence-corrected chi connectivity index (χ4v) is 3.49. The van der Waals surface area contributed by atoms with Gasteiger partial charge >= 0.3 is 0 Å². The largest absolute Gasteiger partial charge is 0.325 e. The van der Waals surface area contributed by atoms with Gasteiger partial charge in [0, 0.05) is 30.3 Å². The van der Waals surface area contributed by atoms with E-state index in [2.05, 4.69) is 5.32 Å². The van der Waals surface area contributed by atoms with Crippen LogP contribution in [0.2, 0.25) is 10.0 Å². The first kappa shape index (κ1) is 21.7. The van der Waals surface area contributed by atoms with E-state index in [9.17, 15) is 13.2 Å². The summed E-state index contributed by atoms with van der Waals surface area (Å²) in [5, 5.41) is 3.69. The van der Waals surface area contributed by atoms with Crippen molar-refractivity contribution in [3.8, 4) is 0 Å². The average Bonchev–Trinajstić information content (AvgIpc) is 2.61. The lowest BCUT2D eigenvalue weighted by Crippen LogP contribution is -2.27. The number of amides is 1. The van der Waals surface area contributed by atoms with Crippen molar-refractivity contribution in [1.29, 1.82) is 0 Å². The van der Waals surface area contributed by atoms with Gasteiger partial charge in [-0.25, -0.2) is 8.42 Å². The lowest BCUT2D eigenvalue weighted by atomic mass is 10.1. The van der Waals surface area contributed by atoms with Gasteiger partial charge in [-0.3, -0.25) is 9.69 Å². The molecule has 0 spiro atoms. The summed E-state index contributed by atoms with van der Waals surface area (Å²) >= 11 is 12.0. The van der Waals surface area contributed by atoms with Crippen LogP contribution < -0.4 is 5.32 Å². The number of sulfone groups is 1. The minimum atomic E-state index is -3.21. The number of benzene rings is 2. The third-order valence-corrected chi connectivity index (χ3v) is 6.04. The molecule has 0 aromatic heterocycles. The molecule has 2 aromatic carbocycles. The minimum absolute atomic E-state index is 0.0289. The number of nitrogens with zero attached hydrogens (tertiary/aromatic N) is 1. The molecule has 1 N–H and O–H groups in total. The second-order valence-corrected chi connectivity index (χ2v) is 9.28. The Bertz CT molecular complexity index is 915. The molecule has 0 unspecified atom stereocenters. The van der Waals surface area contributed by atoms with Crippen LogP contribution in [0.1, 0.15) is 24.9 Å². The maximum atomic E-state index is 12.2. The predicted octanol–water partition coefficient (Wildman–Crippen LogP) is 4.42. The molecule has 0 aliphatic carbocycles. The molecular formula is C19H22Cl2N2O3S. The van der Waals surface area contributed by atoms with Crippen molar-refractivity contribution in [3.05, 3.63) is 58.1 Å². The van der Waals surface area contributed by atoms with Crippen molar-refractivity contribution in [2.24, 2.45) is 0 Å². The van der Waals surface area contributed by atoms with Gasteiger partial charge in [0.2, 0.25) is 5.91 Å². The lowest BCUT2D eigenvalue weighted by molar-refractivity contribution is -0.116. The van der Waals surface area contributed by atoms with Gasteiger partial charge in [-0.1, -0.05) is 35.3 Å². The molecule has 0 radical (unpaired) electrons. The van der Waals surface area contributed by atoms with E-state index < -0.39 is 9.84 Å². The third-order valence-electron chi connectivity index (χ3n) is 4.35. The van der Waals surface area contributed by atoms with Crippen molar-refractivity contribution < 1.29 is 13.2 Å². The van der Waals surface area contributed by atoms with Crippen LogP contribution >= 0.6 is 23.2 Å². The third kappa shape index (κ3) is 6.21. The molecule has 8 heteroatoms. The van der Waals surface area contributed by atoms with Crippen LogP contribution in [0.3, 0.4) is 0 Å². The molecule has 0 aliphatic heterocycles. The summed E-state index contributed by atoms with van der Waals surface area (Å²) in [5.41, 5.74) is 1.46. The summed E-state index contributed by atoms with van der Waals surface area (Å²) in [6.07, 6.45) is 1.47. The van der Waals surface area contributed by atoms with Gasteiger partial charge in [0.1, 0.15) is 0 Å². The topological polar surface area (TPSA) is 66.5 Å². The first-order valence-corrected chi connectivity index (χ1v) is 11.0. The van der Waals surface area contributed by atoms with Crippen LogP contribution in [-0.2, 0) is 14.6 Å². The zero-order valence-electron chi connectivity index (χ0n) is 15.4. The zero-order chi connectivity index (χ0) is 20.2. The molecule has 146 valence electrons. The molecule has 2 aromatic rings. The molecule has 1 atom stereocenters. The lowest BCUT2D eigenvalue weighted by Gasteiger charge is -2.25. The van der Waals surface area contributed by atoms with Crippen molar-refractivity contribution >= 4 is 44.6 Å². The Morgan fingerprint density at radius 2 is 1.78 bits per heavy atom. The van der Waals surface area contributed by atoms with Crippen LogP contribution in [0.5, 0.6) is 0 Å². The Hall–Kier alpha value is -1.60. The monoisotopic (exact) mass is 428 g/mol. The molecule has 5 nitrogen and oxygen atoms in total. The van der Waals surface area contributed by atoms with Gasteiger partial charge in [-0.15, -0.1) is 0 Å². The van der Waals surface area contributed by atoms with E-state index in [1.54, 1.807) is 42.5 Å². The van der Waals surface area contributed by atoms with E-state index in [-0.39, 0.29) is 18.4 Å². The Labute approximate surface area is 170 Å². The summed E-state index contributed by atoms with van der Waals surface area (Å²) in [6, 6.07) is 11.7. The number of halogens is 2. The normalized spacial score (nSPS) is 12.8. The van der Waals surface area contributed by atoms with Gasteiger partial charge in [0.05, 0.1) is 15.6 Å². The number of anilines is 1. The number of nitrogens with one attached hydrogen (secondary N) is 1. The molecule has 0 saturated carbocycles. The number of hydrogen-bond acceptors (Lipinski definition) is 4. The summed E-state index contributed by atoms with van der Waals surface area (Å²) in [5.74, 6) is -0.161. The van der Waals surface area contributed by atoms with Crippen molar-refractivity contribution in [2.75, 3.05) is 25.2 Å². The highest BCUT2D eigenvalue weighted by Crippen LogP contribution is 2.26. The Balaban J connectivity index is 1.93. The van der Waals surface area contributed by atoms with Gasteiger partial charge in [0.15, 0.2) is 9.84 Å². The number of rotatable bonds is 7. The highest BCUT2D eigenvalue weighted by atomic mass is 35.5. The Morgan fingerprint density at radius 3 is 2.37 bits per heavy atom. The molecule has 0 saturated heterocycles. The quantitative estimate of drug-likeness (QED) is 0.708. The molecule has 1 amide bonds. The fourth-order valence-electron chi connectivity index (χ4n) is 2.53. The number of hydrogen-bond donors (Lipinski definition) is 1. The number of carbonyl (C=O) groups excluding carboxylic acids is 1. The van der Waals surface area contributed by atoms with Crippen molar-refractivity contribution in [3.63, 3.8) is 0 Å². The maximum Gasteiger partial charge on any atom is 0.225 e. The van der Waals surface area contributed by atoms with Gasteiger partial charge in [0.25, 0.3) is 0 Å². The first-order valence-electron chi connectivity index (χ1n) is 8.33. The maximum absolute atomic E-state index is 12.2. The summed E-state index contributed by atoms with van der Waals surface area (Å²) in [7, 11) is -1.30. The highest BCUT2D eigenvalue weighted by molar-refractivity contribution is 7.90. The van der Waals surface area contributed by atoms with E-state index in [0.29, 0.717) is 27.2 Å². The standard InChI is InChI=1S/C19H22Cl2N2O3S/c1-13(14-4-7-16(8-5-14)27(3,25)26)23(2)11-10-19(24)22-18-12-15(20)6-9-17(18)21/h4-9,12-13H,10-11H2,1-3H3,(H,22,24)/t13-/m0/s1. The molecule has 0 heterocycles. The molecule has 0 aliphatic rings. The number of carbonyl (C=O) groups is 1. The molecule has 2 rings (SSSR count). The summed E-state index contributed by atoms with van der Waals surface area (Å²) < 4.78 is 23.1. The van der Waals surface area contributed by atoms with Gasteiger partial charge in [-0.05, 0) is 49.9 Å². The second kappa shape index (κ2) is 9.06. The molecule has 0 fully saturated rings. The SMILES string of the molecule is C[C@@H](c1ccc(S(C)(=O)=O)cc1)N(C)CCC(=O)Nc1cc(Cl)ccc1Cl. The smallest absolute Gasteiger partial charge is 0.225 e. The molecule has 0 bridgehead atoms. The van der Waals surface area contributed by atoms with Crippen molar-refractivity contribution in [1.82, 2.24) is 4.90 Å². The van der Waals surface area contributed by atoms with Gasteiger partial charge < -0.3 is 5.32 Å². The van der Waals surface area contributed by atoms with E-state index in [1.165, 1.54) is 6.26 Å². The van der Waals surface area contributed by atoms with Crippen LogP contribution in [0.25, 0.3) is 0 Å². The Kier molecular flexibility index (Phi) is 7.28. The van der Waals surface area contributed by atoms with Crippen molar-refractivity contribution in [2.45, 2.75) is 24.3 Å². The Morgan fingerprint density at radius 1 is 1.15 bits per heavy atom. The van der Waals surface area contributed by atoms with Crippen LogP contribution in [0.4, 0.5) is 5.69 Å². The highest BCUT2D eigenvalue weighted by Gasteiger charge is 2.15. The van der Waals surface area contributed by atoms with Crippen LogP contribution in [0, 0.1) is 0 Å². The van der Waals surface area contributed by atoms with E-state index in [4.69, 9.17) is 23.2 Å². The summed E-state index contributed by atoms with van der Waals surface area (Å²) in [6.45, 7) is 2.53.